The highest BCUT2D eigenvalue weighted by Gasteiger charge is 2.27. The van der Waals surface area contributed by atoms with Crippen LogP contribution in [0.5, 0.6) is 0 Å². The van der Waals surface area contributed by atoms with Gasteiger partial charge in [-0.15, -0.1) is 0 Å². The molecule has 7 nitrogen and oxygen atoms in total. The van der Waals surface area contributed by atoms with Crippen LogP contribution in [0.1, 0.15) is 77.4 Å². The molecule has 1 aliphatic heterocycles. The van der Waals surface area contributed by atoms with Gasteiger partial charge in [0.2, 0.25) is 0 Å². The molecule has 1 atom stereocenters. The summed E-state index contributed by atoms with van der Waals surface area (Å²) in [5.74, 6) is -0.185. The predicted molar refractivity (Wildman–Crippen MR) is 166 cm³/mol. The number of nitrogens with one attached hydrogen (secondary N) is 2. The van der Waals surface area contributed by atoms with Crippen molar-refractivity contribution in [3.63, 3.8) is 0 Å². The van der Waals surface area contributed by atoms with E-state index in [0.29, 0.717) is 29.8 Å². The molecule has 0 spiro atoms. The largest absolute Gasteiger partial charge is 0.364 e. The maximum atomic E-state index is 13.1. The molecular formula is C34H45N5O2. The zero-order chi connectivity index (χ0) is 29.4. The standard InChI is InChI=1S/C34H45N5O2/c1-24(2)37-33(40)29-20-25(3)32(26(4)21-29)34(41)36-17-13-27(5)38-18-14-31(15-19-38)39(30-11-7-6-8-12-30)23-28-10-9-16-35-22-28/h6-12,16,20-22,24,27,31H,13-15,17-19,23H2,1-5H3,(H,36,41)(H,37,40)/t27-/m1/s1. The number of aryl methyl sites for hydroxylation is 2. The van der Waals surface area contributed by atoms with Crippen LogP contribution in [0.3, 0.4) is 0 Å². The molecule has 4 rings (SSSR count). The van der Waals surface area contributed by atoms with E-state index in [9.17, 15) is 9.59 Å². The molecule has 0 aliphatic carbocycles. The summed E-state index contributed by atoms with van der Waals surface area (Å²) in [6, 6.07) is 19.4. The second-order valence-electron chi connectivity index (χ2n) is 11.6. The summed E-state index contributed by atoms with van der Waals surface area (Å²) in [7, 11) is 0. The van der Waals surface area contributed by atoms with Crippen LogP contribution in [-0.4, -0.2) is 59.5 Å². The topological polar surface area (TPSA) is 77.6 Å². The summed E-state index contributed by atoms with van der Waals surface area (Å²) in [5.41, 5.74) is 5.37. The first-order valence-electron chi connectivity index (χ1n) is 14.9. The highest BCUT2D eigenvalue weighted by Crippen LogP contribution is 2.27. The number of rotatable bonds is 11. The number of hydrogen-bond acceptors (Lipinski definition) is 5. The molecule has 1 fully saturated rings. The number of carbonyl (C=O) groups excluding carboxylic acids is 2. The van der Waals surface area contributed by atoms with Crippen molar-refractivity contribution < 1.29 is 9.59 Å². The second-order valence-corrected chi connectivity index (χ2v) is 11.6. The van der Waals surface area contributed by atoms with E-state index in [0.717, 1.165) is 50.0 Å². The maximum Gasteiger partial charge on any atom is 0.251 e. The van der Waals surface area contributed by atoms with Crippen molar-refractivity contribution in [3.8, 4) is 0 Å². The lowest BCUT2D eigenvalue weighted by atomic mass is 9.98. The van der Waals surface area contributed by atoms with Crippen molar-refractivity contribution in [2.45, 2.75) is 78.6 Å². The summed E-state index contributed by atoms with van der Waals surface area (Å²) in [6.07, 6.45) is 6.87. The van der Waals surface area contributed by atoms with E-state index in [1.165, 1.54) is 11.3 Å². The summed E-state index contributed by atoms with van der Waals surface area (Å²) in [6.45, 7) is 13.5. The van der Waals surface area contributed by atoms with Gasteiger partial charge in [0, 0.05) is 73.5 Å². The molecule has 7 heteroatoms. The van der Waals surface area contributed by atoms with Crippen LogP contribution in [0.15, 0.2) is 67.0 Å². The van der Waals surface area contributed by atoms with Gasteiger partial charge in [-0.3, -0.25) is 14.6 Å². The van der Waals surface area contributed by atoms with Crippen LogP contribution in [0.25, 0.3) is 0 Å². The Balaban J connectivity index is 1.29. The van der Waals surface area contributed by atoms with Gasteiger partial charge in [-0.05, 0) is 101 Å². The predicted octanol–water partition coefficient (Wildman–Crippen LogP) is 5.52. The molecule has 0 unspecified atom stereocenters. The molecule has 2 aromatic carbocycles. The number of aromatic nitrogens is 1. The lowest BCUT2D eigenvalue weighted by Gasteiger charge is -2.42. The quantitative estimate of drug-likeness (QED) is 0.326. The number of pyridine rings is 1. The molecule has 1 saturated heterocycles. The van der Waals surface area contributed by atoms with Crippen molar-refractivity contribution >= 4 is 17.5 Å². The van der Waals surface area contributed by atoms with Gasteiger partial charge in [0.05, 0.1) is 0 Å². The minimum absolute atomic E-state index is 0.0634. The maximum absolute atomic E-state index is 13.1. The number of benzene rings is 2. The van der Waals surface area contributed by atoms with E-state index in [-0.39, 0.29) is 17.9 Å². The molecule has 2 heterocycles. The van der Waals surface area contributed by atoms with E-state index in [1.807, 2.05) is 46.2 Å². The fraction of sp³-hybridized carbons (Fsp3) is 0.441. The highest BCUT2D eigenvalue weighted by atomic mass is 16.2. The van der Waals surface area contributed by atoms with Gasteiger partial charge >= 0.3 is 0 Å². The van der Waals surface area contributed by atoms with E-state index in [4.69, 9.17) is 0 Å². The average molecular weight is 556 g/mol. The van der Waals surface area contributed by atoms with E-state index >= 15 is 0 Å². The van der Waals surface area contributed by atoms with Crippen molar-refractivity contribution in [3.05, 3.63) is 94.8 Å². The third-order valence-electron chi connectivity index (χ3n) is 8.02. The Labute approximate surface area is 245 Å². The van der Waals surface area contributed by atoms with Crippen LogP contribution >= 0.6 is 0 Å². The average Bonchev–Trinajstić information content (AvgIpc) is 2.96. The lowest BCUT2D eigenvalue weighted by Crippen LogP contribution is -2.48. The van der Waals surface area contributed by atoms with E-state index < -0.39 is 0 Å². The minimum Gasteiger partial charge on any atom is -0.364 e. The fourth-order valence-corrected chi connectivity index (χ4v) is 5.84. The first kappa shape index (κ1) is 30.3. The van der Waals surface area contributed by atoms with Crippen molar-refractivity contribution in [2.75, 3.05) is 24.5 Å². The Hall–Kier alpha value is -3.71. The molecule has 0 saturated carbocycles. The Bertz CT molecular complexity index is 1260. The zero-order valence-electron chi connectivity index (χ0n) is 25.2. The molecule has 0 bridgehead atoms. The number of amides is 2. The van der Waals surface area contributed by atoms with Gasteiger partial charge in [-0.1, -0.05) is 24.3 Å². The molecule has 2 N–H and O–H groups in total. The Kier molecular flexibility index (Phi) is 10.5. The van der Waals surface area contributed by atoms with Crippen LogP contribution < -0.4 is 15.5 Å². The lowest BCUT2D eigenvalue weighted by molar-refractivity contribution is 0.0930. The van der Waals surface area contributed by atoms with Crippen molar-refractivity contribution in [1.82, 2.24) is 20.5 Å². The van der Waals surface area contributed by atoms with Crippen LogP contribution in [-0.2, 0) is 6.54 Å². The number of carbonyl (C=O) groups is 2. The SMILES string of the molecule is Cc1cc(C(=O)NC(C)C)cc(C)c1C(=O)NCC[C@@H](C)N1CCC(N(Cc2cccnc2)c2ccccc2)CC1. The summed E-state index contributed by atoms with van der Waals surface area (Å²) < 4.78 is 0. The van der Waals surface area contributed by atoms with Gasteiger partial charge in [-0.25, -0.2) is 0 Å². The van der Waals surface area contributed by atoms with Crippen molar-refractivity contribution in [1.29, 1.82) is 0 Å². The van der Waals surface area contributed by atoms with E-state index in [1.54, 1.807) is 12.1 Å². The van der Waals surface area contributed by atoms with Gasteiger partial charge in [0.25, 0.3) is 11.8 Å². The van der Waals surface area contributed by atoms with Gasteiger partial charge < -0.3 is 20.4 Å². The van der Waals surface area contributed by atoms with Crippen LogP contribution in [0.2, 0.25) is 0 Å². The molecule has 2 amide bonds. The van der Waals surface area contributed by atoms with Crippen LogP contribution in [0.4, 0.5) is 5.69 Å². The number of hydrogen-bond donors (Lipinski definition) is 2. The number of anilines is 1. The minimum atomic E-state index is -0.111. The van der Waals surface area contributed by atoms with Gasteiger partial charge in [0.15, 0.2) is 0 Å². The first-order chi connectivity index (χ1) is 19.7. The molecule has 1 aliphatic rings. The Morgan fingerprint density at radius 3 is 2.27 bits per heavy atom. The van der Waals surface area contributed by atoms with Crippen molar-refractivity contribution in [2.24, 2.45) is 0 Å². The summed E-state index contributed by atoms with van der Waals surface area (Å²) in [5, 5.41) is 6.05. The normalized spacial score (nSPS) is 15.0. The summed E-state index contributed by atoms with van der Waals surface area (Å²) in [4.78, 5) is 34.9. The number of para-hydroxylation sites is 1. The number of piperidine rings is 1. The van der Waals surface area contributed by atoms with Gasteiger partial charge in [-0.2, -0.15) is 0 Å². The summed E-state index contributed by atoms with van der Waals surface area (Å²) >= 11 is 0. The first-order valence-corrected chi connectivity index (χ1v) is 14.9. The molecule has 1 aromatic heterocycles. The molecule has 3 aromatic rings. The zero-order valence-corrected chi connectivity index (χ0v) is 25.2. The second kappa shape index (κ2) is 14.3. The number of nitrogens with zero attached hydrogens (tertiary/aromatic N) is 3. The highest BCUT2D eigenvalue weighted by molar-refractivity contribution is 6.00. The third-order valence-corrected chi connectivity index (χ3v) is 8.02. The fourth-order valence-electron chi connectivity index (χ4n) is 5.84. The smallest absolute Gasteiger partial charge is 0.251 e. The Morgan fingerprint density at radius 2 is 1.66 bits per heavy atom. The molecule has 41 heavy (non-hydrogen) atoms. The molecule has 0 radical (unpaired) electrons. The van der Waals surface area contributed by atoms with Crippen LogP contribution in [0, 0.1) is 13.8 Å². The molecule has 218 valence electrons. The third kappa shape index (κ3) is 8.17. The monoisotopic (exact) mass is 555 g/mol. The molecular weight excluding hydrogens is 510 g/mol. The van der Waals surface area contributed by atoms with Gasteiger partial charge in [0.1, 0.15) is 0 Å². The Morgan fingerprint density at radius 1 is 0.976 bits per heavy atom. The van der Waals surface area contributed by atoms with E-state index in [2.05, 4.69) is 68.7 Å². The number of likely N-dealkylation sites (tertiary alicyclic amines) is 1.